The first-order valence-electron chi connectivity index (χ1n) is 5.81. The topological polar surface area (TPSA) is 67.2 Å². The predicted octanol–water partition coefficient (Wildman–Crippen LogP) is 1.96. The van der Waals surface area contributed by atoms with Gasteiger partial charge in [0.05, 0.1) is 5.69 Å². The van der Waals surface area contributed by atoms with Gasteiger partial charge in [0.15, 0.2) is 0 Å². The van der Waals surface area contributed by atoms with Gasteiger partial charge in [0.25, 0.3) is 0 Å². The lowest BCUT2D eigenvalue weighted by molar-refractivity contribution is -0.116. The molecule has 0 saturated heterocycles. The Kier molecular flexibility index (Phi) is 2.51. The first-order chi connectivity index (χ1) is 8.72. The zero-order chi connectivity index (χ0) is 12.5. The van der Waals surface area contributed by atoms with Gasteiger partial charge in [0, 0.05) is 18.2 Å². The average molecular weight is 243 g/mol. The maximum atomic E-state index is 12.0. The Bertz CT molecular complexity index is 566. The van der Waals surface area contributed by atoms with Crippen molar-refractivity contribution >= 4 is 17.5 Å². The summed E-state index contributed by atoms with van der Waals surface area (Å²) < 4.78 is 4.96. The molecule has 0 saturated carbocycles. The van der Waals surface area contributed by atoms with Gasteiger partial charge in [-0.05, 0) is 18.6 Å². The number of anilines is 2. The molecule has 1 aromatic carbocycles. The van der Waals surface area contributed by atoms with E-state index in [0.717, 1.165) is 16.9 Å². The number of rotatable bonds is 2. The van der Waals surface area contributed by atoms with Crippen molar-refractivity contribution in [3.63, 3.8) is 0 Å². The first kappa shape index (κ1) is 10.8. The Morgan fingerprint density at radius 2 is 2.33 bits per heavy atom. The van der Waals surface area contributed by atoms with Crippen LogP contribution < -0.4 is 10.6 Å². The van der Waals surface area contributed by atoms with Gasteiger partial charge in [-0.2, -0.15) is 0 Å². The largest absolute Gasteiger partial charge is 0.373 e. The highest BCUT2D eigenvalue weighted by atomic mass is 16.5. The molecule has 0 aliphatic carbocycles. The predicted molar refractivity (Wildman–Crippen MR) is 67.4 cm³/mol. The van der Waals surface area contributed by atoms with E-state index in [0.29, 0.717) is 12.3 Å². The molecule has 0 bridgehead atoms. The zero-order valence-corrected chi connectivity index (χ0v) is 9.93. The number of nitrogens with zero attached hydrogens (tertiary/aromatic N) is 1. The summed E-state index contributed by atoms with van der Waals surface area (Å²) in [6.07, 6.45) is 0.690. The Morgan fingerprint density at radius 3 is 3.06 bits per heavy atom. The van der Waals surface area contributed by atoms with Crippen LogP contribution in [-0.4, -0.2) is 17.1 Å². The molecule has 1 atom stereocenters. The summed E-state index contributed by atoms with van der Waals surface area (Å²) in [6, 6.07) is 9.36. The van der Waals surface area contributed by atoms with Crippen LogP contribution in [0.1, 0.15) is 11.3 Å². The third-order valence-corrected chi connectivity index (χ3v) is 2.96. The highest BCUT2D eigenvalue weighted by Crippen LogP contribution is 2.25. The smallest absolute Gasteiger partial charge is 0.249 e. The van der Waals surface area contributed by atoms with E-state index >= 15 is 0 Å². The van der Waals surface area contributed by atoms with Crippen LogP contribution in [0.25, 0.3) is 0 Å². The molecular weight excluding hydrogens is 230 g/mol. The molecule has 1 aliphatic rings. The third kappa shape index (κ3) is 1.95. The van der Waals surface area contributed by atoms with Crippen LogP contribution in [0.15, 0.2) is 34.9 Å². The summed E-state index contributed by atoms with van der Waals surface area (Å²) in [5.74, 6) is 0.276. The van der Waals surface area contributed by atoms with Crippen molar-refractivity contribution < 1.29 is 9.32 Å². The van der Waals surface area contributed by atoms with Gasteiger partial charge in [-0.15, -0.1) is 0 Å². The molecule has 2 heterocycles. The number of para-hydroxylation sites is 1. The van der Waals surface area contributed by atoms with Gasteiger partial charge in [-0.3, -0.25) is 10.1 Å². The second kappa shape index (κ2) is 4.18. The van der Waals surface area contributed by atoms with Crippen molar-refractivity contribution in [3.05, 3.63) is 41.6 Å². The Morgan fingerprint density at radius 1 is 1.50 bits per heavy atom. The van der Waals surface area contributed by atoms with Crippen molar-refractivity contribution in [1.82, 2.24) is 5.16 Å². The Balaban J connectivity index is 1.69. The van der Waals surface area contributed by atoms with Crippen LogP contribution in [-0.2, 0) is 11.2 Å². The fourth-order valence-electron chi connectivity index (χ4n) is 2.09. The van der Waals surface area contributed by atoms with Gasteiger partial charge in [-0.25, -0.2) is 0 Å². The number of nitrogens with one attached hydrogen (secondary N) is 2. The van der Waals surface area contributed by atoms with E-state index in [1.165, 1.54) is 0 Å². The summed E-state index contributed by atoms with van der Waals surface area (Å²) in [5.41, 5.74) is 2.92. The monoisotopic (exact) mass is 243 g/mol. The second-order valence-corrected chi connectivity index (χ2v) is 4.38. The lowest BCUT2D eigenvalue weighted by Crippen LogP contribution is -2.32. The minimum absolute atomic E-state index is 0.109. The summed E-state index contributed by atoms with van der Waals surface area (Å²) in [7, 11) is 0. The van der Waals surface area contributed by atoms with Crippen LogP contribution in [0.2, 0.25) is 0 Å². The number of aryl methyl sites for hydroxylation is 1. The van der Waals surface area contributed by atoms with Crippen LogP contribution >= 0.6 is 0 Å². The maximum absolute atomic E-state index is 12.0. The summed E-state index contributed by atoms with van der Waals surface area (Å²) >= 11 is 0. The number of carbonyl (C=O) groups excluding carboxylic acids is 1. The number of hydrogen-bond donors (Lipinski definition) is 2. The molecule has 1 aromatic heterocycles. The molecule has 0 radical (unpaired) electrons. The quantitative estimate of drug-likeness (QED) is 0.846. The highest BCUT2D eigenvalue weighted by Gasteiger charge is 2.26. The van der Waals surface area contributed by atoms with Crippen LogP contribution in [0.4, 0.5) is 11.6 Å². The normalized spacial score (nSPS) is 17.1. The minimum atomic E-state index is -0.257. The van der Waals surface area contributed by atoms with E-state index in [2.05, 4.69) is 15.8 Å². The van der Waals surface area contributed by atoms with Crippen molar-refractivity contribution in [2.75, 3.05) is 10.6 Å². The van der Waals surface area contributed by atoms with E-state index < -0.39 is 0 Å². The average Bonchev–Trinajstić information content (AvgIpc) is 2.95. The number of benzene rings is 1. The lowest BCUT2D eigenvalue weighted by Gasteiger charge is -2.09. The van der Waals surface area contributed by atoms with E-state index in [9.17, 15) is 4.79 Å². The summed E-state index contributed by atoms with van der Waals surface area (Å²) in [6.45, 7) is 1.81. The van der Waals surface area contributed by atoms with Gasteiger partial charge >= 0.3 is 0 Å². The molecule has 3 rings (SSSR count). The fraction of sp³-hybridized carbons (Fsp3) is 0.231. The molecule has 1 amide bonds. The number of amides is 1. The molecule has 18 heavy (non-hydrogen) atoms. The standard InChI is InChI=1S/C13H13N3O2/c1-8-6-12(18-16-8)15-13(17)11-7-9-4-2-3-5-10(9)14-11/h2-6,11,14H,7H2,1H3,(H,15,17). The molecule has 92 valence electrons. The van der Waals surface area contributed by atoms with Crippen molar-refractivity contribution in [1.29, 1.82) is 0 Å². The van der Waals surface area contributed by atoms with E-state index in [-0.39, 0.29) is 11.9 Å². The Hall–Kier alpha value is -2.30. The van der Waals surface area contributed by atoms with E-state index in [1.807, 2.05) is 31.2 Å². The van der Waals surface area contributed by atoms with Gasteiger partial charge in [-0.1, -0.05) is 23.4 Å². The number of carbonyl (C=O) groups is 1. The van der Waals surface area contributed by atoms with Crippen LogP contribution in [0.5, 0.6) is 0 Å². The van der Waals surface area contributed by atoms with Crippen LogP contribution in [0.3, 0.4) is 0 Å². The van der Waals surface area contributed by atoms with Crippen molar-refractivity contribution in [3.8, 4) is 0 Å². The number of hydrogen-bond acceptors (Lipinski definition) is 4. The Labute approximate surface area is 104 Å². The molecule has 1 unspecified atom stereocenters. The highest BCUT2D eigenvalue weighted by molar-refractivity contribution is 5.97. The third-order valence-electron chi connectivity index (χ3n) is 2.96. The van der Waals surface area contributed by atoms with Gasteiger partial charge < -0.3 is 9.84 Å². The molecular formula is C13H13N3O2. The van der Waals surface area contributed by atoms with Crippen molar-refractivity contribution in [2.45, 2.75) is 19.4 Å². The number of aromatic nitrogens is 1. The molecule has 1 aliphatic heterocycles. The van der Waals surface area contributed by atoms with Crippen LogP contribution in [0, 0.1) is 6.92 Å². The van der Waals surface area contributed by atoms with E-state index in [4.69, 9.17) is 4.52 Å². The molecule has 0 spiro atoms. The molecule has 2 N–H and O–H groups in total. The SMILES string of the molecule is Cc1cc(NC(=O)C2Cc3ccccc3N2)on1. The summed E-state index contributed by atoms with van der Waals surface area (Å²) in [5, 5.41) is 9.62. The summed E-state index contributed by atoms with van der Waals surface area (Å²) in [4.78, 5) is 12.0. The molecule has 5 nitrogen and oxygen atoms in total. The maximum Gasteiger partial charge on any atom is 0.249 e. The van der Waals surface area contributed by atoms with Gasteiger partial charge in [0.1, 0.15) is 6.04 Å². The first-order valence-corrected chi connectivity index (χ1v) is 5.81. The second-order valence-electron chi connectivity index (χ2n) is 4.38. The molecule has 2 aromatic rings. The zero-order valence-electron chi connectivity index (χ0n) is 9.93. The number of fused-ring (bicyclic) bond motifs is 1. The molecule has 0 fully saturated rings. The van der Waals surface area contributed by atoms with Crippen molar-refractivity contribution in [2.24, 2.45) is 0 Å². The molecule has 5 heteroatoms. The lowest BCUT2D eigenvalue weighted by atomic mass is 10.1. The fourth-order valence-corrected chi connectivity index (χ4v) is 2.09. The minimum Gasteiger partial charge on any atom is -0.373 e. The van der Waals surface area contributed by atoms with E-state index in [1.54, 1.807) is 6.07 Å². The van der Waals surface area contributed by atoms with Gasteiger partial charge in [0.2, 0.25) is 11.8 Å².